The van der Waals surface area contributed by atoms with Crippen molar-refractivity contribution in [2.45, 2.75) is 45.3 Å². The molecule has 1 saturated heterocycles. The number of imide groups is 1. The Bertz CT molecular complexity index is 596. The van der Waals surface area contributed by atoms with Crippen molar-refractivity contribution in [3.05, 3.63) is 35.9 Å². The largest absolute Gasteiger partial charge is 0.456 e. The van der Waals surface area contributed by atoms with E-state index in [2.05, 4.69) is 5.32 Å². The second-order valence-corrected chi connectivity index (χ2v) is 5.65. The van der Waals surface area contributed by atoms with Crippen molar-refractivity contribution in [2.75, 3.05) is 6.54 Å². The Labute approximate surface area is 135 Å². The van der Waals surface area contributed by atoms with Crippen LogP contribution in [0, 0.1) is 0 Å². The lowest BCUT2D eigenvalue weighted by atomic mass is 9.93. The minimum absolute atomic E-state index is 0.364. The maximum Gasteiger partial charge on any atom is 0.326 e. The van der Waals surface area contributed by atoms with Crippen molar-refractivity contribution < 1.29 is 19.1 Å². The molecule has 1 aromatic rings. The monoisotopic (exact) mass is 318 g/mol. The predicted octanol–water partition coefficient (Wildman–Crippen LogP) is 2.40. The molecule has 1 fully saturated rings. The van der Waals surface area contributed by atoms with Gasteiger partial charge in [0.1, 0.15) is 18.2 Å². The van der Waals surface area contributed by atoms with Crippen LogP contribution in [-0.2, 0) is 14.3 Å². The van der Waals surface area contributed by atoms with Crippen LogP contribution in [0.25, 0.3) is 0 Å². The van der Waals surface area contributed by atoms with Gasteiger partial charge in [0.25, 0.3) is 5.91 Å². The Morgan fingerprint density at radius 3 is 2.35 bits per heavy atom. The third kappa shape index (κ3) is 3.36. The zero-order valence-electron chi connectivity index (χ0n) is 13.7. The van der Waals surface area contributed by atoms with Gasteiger partial charge in [0, 0.05) is 0 Å². The first kappa shape index (κ1) is 17.0. The van der Waals surface area contributed by atoms with Crippen LogP contribution in [0.5, 0.6) is 0 Å². The first-order valence-corrected chi connectivity index (χ1v) is 7.82. The molecule has 1 atom stereocenters. The van der Waals surface area contributed by atoms with E-state index < -0.39 is 23.6 Å². The summed E-state index contributed by atoms with van der Waals surface area (Å²) in [5, 5.41) is 2.69. The molecule has 0 radical (unpaired) electrons. The molecule has 0 aromatic heterocycles. The summed E-state index contributed by atoms with van der Waals surface area (Å²) < 4.78 is 5.32. The van der Waals surface area contributed by atoms with Gasteiger partial charge in [0.05, 0.1) is 0 Å². The maximum absolute atomic E-state index is 12.4. The van der Waals surface area contributed by atoms with E-state index in [9.17, 15) is 14.4 Å². The van der Waals surface area contributed by atoms with E-state index in [1.54, 1.807) is 6.92 Å². The maximum atomic E-state index is 12.4. The first-order valence-electron chi connectivity index (χ1n) is 7.82. The predicted molar refractivity (Wildman–Crippen MR) is 84.5 cm³/mol. The molecule has 6 nitrogen and oxygen atoms in total. The second kappa shape index (κ2) is 6.81. The highest BCUT2D eigenvalue weighted by atomic mass is 16.5. The summed E-state index contributed by atoms with van der Waals surface area (Å²) in [5.41, 5.74) is -0.0444. The van der Waals surface area contributed by atoms with E-state index >= 15 is 0 Å². The van der Waals surface area contributed by atoms with Gasteiger partial charge in [0.15, 0.2) is 0 Å². The lowest BCUT2D eigenvalue weighted by molar-refractivity contribution is -0.152. The van der Waals surface area contributed by atoms with Crippen molar-refractivity contribution in [1.82, 2.24) is 10.2 Å². The normalized spacial score (nSPS) is 17.8. The molecule has 0 unspecified atom stereocenters. The van der Waals surface area contributed by atoms with Gasteiger partial charge in [-0.05, 0) is 25.3 Å². The third-order valence-corrected chi connectivity index (χ3v) is 4.32. The molecule has 0 saturated carbocycles. The molecule has 1 heterocycles. The summed E-state index contributed by atoms with van der Waals surface area (Å²) in [6.07, 6.45) is 0.534. The highest BCUT2D eigenvalue weighted by Crippen LogP contribution is 2.25. The van der Waals surface area contributed by atoms with E-state index in [1.807, 2.05) is 44.2 Å². The molecule has 1 aliphatic heterocycles. The minimum atomic E-state index is -0.900. The van der Waals surface area contributed by atoms with Gasteiger partial charge in [-0.3, -0.25) is 14.5 Å². The second-order valence-electron chi connectivity index (χ2n) is 5.65. The standard InChI is InChI=1S/C17H22N2O4/c1-4-17(5-2)15(21)19(16(22)18-17)11-14(20)23-12(3)13-9-7-6-8-10-13/h6-10,12H,4-5,11H2,1-3H3,(H,18,22)/t12-/m0/s1. The summed E-state index contributed by atoms with van der Waals surface area (Å²) in [6.45, 7) is 5.05. The number of amides is 3. The Hall–Kier alpha value is -2.37. The van der Waals surface area contributed by atoms with Crippen LogP contribution in [0.2, 0.25) is 0 Å². The van der Waals surface area contributed by atoms with Crippen molar-refractivity contribution in [3.8, 4) is 0 Å². The van der Waals surface area contributed by atoms with Crippen molar-refractivity contribution in [2.24, 2.45) is 0 Å². The van der Waals surface area contributed by atoms with Crippen molar-refractivity contribution in [1.29, 1.82) is 0 Å². The number of benzene rings is 1. The molecular weight excluding hydrogens is 296 g/mol. The molecule has 124 valence electrons. The lowest BCUT2D eigenvalue weighted by Crippen LogP contribution is -2.46. The molecule has 1 N–H and O–H groups in total. The van der Waals surface area contributed by atoms with E-state index in [0.717, 1.165) is 10.5 Å². The fourth-order valence-electron chi connectivity index (χ4n) is 2.70. The fraction of sp³-hybridized carbons (Fsp3) is 0.471. The van der Waals surface area contributed by atoms with Gasteiger partial charge < -0.3 is 10.1 Å². The smallest absolute Gasteiger partial charge is 0.326 e. The Balaban J connectivity index is 2.00. The highest BCUT2D eigenvalue weighted by Gasteiger charge is 2.49. The molecule has 1 aliphatic rings. The molecule has 0 bridgehead atoms. The molecule has 0 aliphatic carbocycles. The SMILES string of the molecule is CCC1(CC)NC(=O)N(CC(=O)O[C@@H](C)c2ccccc2)C1=O. The minimum Gasteiger partial charge on any atom is -0.456 e. The molecule has 3 amide bonds. The van der Waals surface area contributed by atoms with Crippen LogP contribution < -0.4 is 5.32 Å². The van der Waals surface area contributed by atoms with E-state index in [0.29, 0.717) is 12.8 Å². The summed E-state index contributed by atoms with van der Waals surface area (Å²) in [5.74, 6) is -0.968. The first-order chi connectivity index (χ1) is 10.9. The molecule has 23 heavy (non-hydrogen) atoms. The third-order valence-electron chi connectivity index (χ3n) is 4.32. The summed E-state index contributed by atoms with van der Waals surface area (Å²) in [7, 11) is 0. The number of esters is 1. The number of carbonyl (C=O) groups is 3. The molecule has 0 spiro atoms. The quantitative estimate of drug-likeness (QED) is 0.645. The van der Waals surface area contributed by atoms with E-state index in [-0.39, 0.29) is 12.5 Å². The van der Waals surface area contributed by atoms with Crippen LogP contribution in [0.3, 0.4) is 0 Å². The van der Waals surface area contributed by atoms with Gasteiger partial charge in [-0.2, -0.15) is 0 Å². The zero-order valence-corrected chi connectivity index (χ0v) is 13.7. The number of urea groups is 1. The Morgan fingerprint density at radius 2 is 1.83 bits per heavy atom. The average molecular weight is 318 g/mol. The number of hydrogen-bond acceptors (Lipinski definition) is 4. The van der Waals surface area contributed by atoms with Crippen molar-refractivity contribution in [3.63, 3.8) is 0 Å². The number of rotatable bonds is 6. The van der Waals surface area contributed by atoms with Gasteiger partial charge >= 0.3 is 12.0 Å². The highest BCUT2D eigenvalue weighted by molar-refractivity contribution is 6.08. The number of ether oxygens (including phenoxy) is 1. The average Bonchev–Trinajstić information content (AvgIpc) is 2.80. The number of carbonyl (C=O) groups excluding carboxylic acids is 3. The molecule has 6 heteroatoms. The summed E-state index contributed by atoms with van der Waals surface area (Å²) in [6, 6.07) is 8.75. The van der Waals surface area contributed by atoms with Gasteiger partial charge in [-0.25, -0.2) is 4.79 Å². The van der Waals surface area contributed by atoms with Crippen molar-refractivity contribution >= 4 is 17.9 Å². The molecule has 2 rings (SSSR count). The van der Waals surface area contributed by atoms with E-state index in [1.165, 1.54) is 0 Å². The number of nitrogens with one attached hydrogen (secondary N) is 1. The number of nitrogens with zero attached hydrogens (tertiary/aromatic N) is 1. The van der Waals surface area contributed by atoms with Crippen LogP contribution in [0.4, 0.5) is 4.79 Å². The Kier molecular flexibility index (Phi) is 5.03. The lowest BCUT2D eigenvalue weighted by Gasteiger charge is -2.23. The van der Waals surface area contributed by atoms with Gasteiger partial charge in [-0.1, -0.05) is 44.2 Å². The Morgan fingerprint density at radius 1 is 1.22 bits per heavy atom. The van der Waals surface area contributed by atoms with Crippen LogP contribution >= 0.6 is 0 Å². The molecular formula is C17H22N2O4. The number of hydrogen-bond donors (Lipinski definition) is 1. The van der Waals surface area contributed by atoms with Gasteiger partial charge in [0.2, 0.25) is 0 Å². The van der Waals surface area contributed by atoms with Crippen LogP contribution in [0.15, 0.2) is 30.3 Å². The topological polar surface area (TPSA) is 75.7 Å². The molecule has 1 aromatic carbocycles. The van der Waals surface area contributed by atoms with E-state index in [4.69, 9.17) is 4.74 Å². The summed E-state index contributed by atoms with van der Waals surface area (Å²) in [4.78, 5) is 37.4. The zero-order chi connectivity index (χ0) is 17.0. The van der Waals surface area contributed by atoms with Crippen LogP contribution in [-0.4, -0.2) is 34.9 Å². The fourth-order valence-corrected chi connectivity index (χ4v) is 2.70. The van der Waals surface area contributed by atoms with Gasteiger partial charge in [-0.15, -0.1) is 0 Å². The summed E-state index contributed by atoms with van der Waals surface area (Å²) >= 11 is 0. The van der Waals surface area contributed by atoms with Crippen LogP contribution in [0.1, 0.15) is 45.3 Å².